The lowest BCUT2D eigenvalue weighted by Gasteiger charge is -2.34. The molecule has 2 aliphatic rings. The Morgan fingerprint density at radius 3 is 1.91 bits per heavy atom. The molecule has 6 rings (SSSR count). The Labute approximate surface area is 282 Å². The van der Waals surface area contributed by atoms with E-state index in [1.807, 2.05) is 25.7 Å². The number of unbranched alkanes of at least 4 members (excludes halogenated alkanes) is 2. The fourth-order valence-corrected chi connectivity index (χ4v) is 7.00. The van der Waals surface area contributed by atoms with Crippen LogP contribution in [-0.2, 0) is 17.8 Å². The molecule has 2 atom stereocenters. The Balaban J connectivity index is 0.000000193. The number of aromatic nitrogens is 4. The lowest BCUT2D eigenvalue weighted by atomic mass is 9.97. The Morgan fingerprint density at radius 1 is 0.851 bits per heavy atom. The van der Waals surface area contributed by atoms with Gasteiger partial charge in [-0.3, -0.25) is 0 Å². The third kappa shape index (κ3) is 8.75. The van der Waals surface area contributed by atoms with Crippen LogP contribution in [0.4, 0.5) is 4.79 Å². The monoisotopic (exact) mass is 642 g/mol. The van der Waals surface area contributed by atoms with Crippen LogP contribution in [0.2, 0.25) is 0 Å². The van der Waals surface area contributed by atoms with Crippen molar-refractivity contribution in [3.63, 3.8) is 0 Å². The molecule has 0 saturated carbocycles. The van der Waals surface area contributed by atoms with E-state index in [1.54, 1.807) is 0 Å². The molecule has 2 saturated heterocycles. The van der Waals surface area contributed by atoms with E-state index in [-0.39, 0.29) is 12.0 Å². The molecule has 4 aromatic rings. The summed E-state index contributed by atoms with van der Waals surface area (Å²) in [5.41, 5.74) is 6.81. The highest BCUT2D eigenvalue weighted by Gasteiger charge is 2.31. The Morgan fingerprint density at radius 2 is 1.40 bits per heavy atom. The molecular weight excluding hydrogens is 584 g/mol. The summed E-state index contributed by atoms with van der Waals surface area (Å²) >= 11 is 0. The van der Waals surface area contributed by atoms with Crippen molar-refractivity contribution in [2.45, 2.75) is 130 Å². The largest absolute Gasteiger partial charge is 0.444 e. The van der Waals surface area contributed by atoms with Crippen LogP contribution in [0.3, 0.4) is 0 Å². The zero-order valence-corrected chi connectivity index (χ0v) is 30.1. The Hall–Kier alpha value is -3.39. The molecule has 2 aliphatic heterocycles. The predicted molar refractivity (Wildman–Crippen MR) is 193 cm³/mol. The molecule has 0 aliphatic carbocycles. The topological polar surface area (TPSA) is 77.2 Å². The van der Waals surface area contributed by atoms with Gasteiger partial charge in [0.1, 0.15) is 17.2 Å². The highest BCUT2D eigenvalue weighted by atomic mass is 16.6. The number of rotatable bonds is 8. The second-order valence-corrected chi connectivity index (χ2v) is 14.7. The van der Waals surface area contributed by atoms with Gasteiger partial charge in [0, 0.05) is 44.6 Å². The van der Waals surface area contributed by atoms with E-state index in [2.05, 4.69) is 78.5 Å². The van der Waals surface area contributed by atoms with Crippen molar-refractivity contribution in [2.75, 3.05) is 26.2 Å². The van der Waals surface area contributed by atoms with Crippen molar-refractivity contribution in [2.24, 2.45) is 0 Å². The number of amides is 1. The first kappa shape index (κ1) is 34.9. The van der Waals surface area contributed by atoms with Crippen LogP contribution in [0.5, 0.6) is 0 Å². The van der Waals surface area contributed by atoms with Crippen molar-refractivity contribution < 1.29 is 9.53 Å². The van der Waals surface area contributed by atoms with Crippen LogP contribution in [0.15, 0.2) is 36.4 Å². The van der Waals surface area contributed by atoms with Gasteiger partial charge < -0.3 is 24.1 Å². The molecule has 1 amide bonds. The fraction of sp³-hybridized carbons (Fsp3) is 0.615. The van der Waals surface area contributed by atoms with Crippen molar-refractivity contribution in [3.8, 4) is 0 Å². The molecule has 2 aromatic heterocycles. The number of likely N-dealkylation sites (tertiary alicyclic amines) is 1. The van der Waals surface area contributed by atoms with Crippen LogP contribution in [0.25, 0.3) is 22.1 Å². The Bertz CT molecular complexity index is 1620. The van der Waals surface area contributed by atoms with Crippen LogP contribution >= 0.6 is 0 Å². The van der Waals surface area contributed by atoms with Gasteiger partial charge in [-0.25, -0.2) is 14.8 Å². The molecule has 2 fully saturated rings. The highest BCUT2D eigenvalue weighted by Crippen LogP contribution is 2.31. The summed E-state index contributed by atoms with van der Waals surface area (Å²) < 4.78 is 10.4. The molecule has 47 heavy (non-hydrogen) atoms. The fourth-order valence-electron chi connectivity index (χ4n) is 7.00. The third-order valence-corrected chi connectivity index (χ3v) is 9.44. The van der Waals surface area contributed by atoms with Crippen molar-refractivity contribution in [1.82, 2.24) is 29.3 Å². The summed E-state index contributed by atoms with van der Waals surface area (Å²) in [6.07, 6.45) is 9.12. The Kier molecular flexibility index (Phi) is 11.6. The number of aryl methyl sites for hydroxylation is 4. The standard InChI is InChI=1S/C22H33N3O2.C17H25N3/c1-6-7-13-25-19-11-10-16(2)14-18(19)23-20(25)17-9-8-12-24(15-17)21(26)27-22(3,4)5;1-3-4-10-20-16-8-7-13(2)11-15(16)19-17(20)14-6-5-9-18-12-14/h10-11,14,17H,6-9,12-13,15H2,1-5H3;7-8,11,14,18H,3-6,9-10,12H2,1-2H3/t17-;14-/m11/s1. The molecule has 1 N–H and O–H groups in total. The van der Waals surface area contributed by atoms with Gasteiger partial charge in [0.15, 0.2) is 0 Å². The first-order valence-corrected chi connectivity index (χ1v) is 18.2. The van der Waals surface area contributed by atoms with E-state index < -0.39 is 5.60 Å². The van der Waals surface area contributed by atoms with E-state index in [0.29, 0.717) is 12.5 Å². The number of piperidine rings is 2. The number of fused-ring (bicyclic) bond motifs is 2. The number of carbonyl (C=O) groups is 1. The smallest absolute Gasteiger partial charge is 0.410 e. The zero-order chi connectivity index (χ0) is 33.6. The molecule has 8 nitrogen and oxygen atoms in total. The highest BCUT2D eigenvalue weighted by molar-refractivity contribution is 5.78. The first-order chi connectivity index (χ1) is 22.6. The van der Waals surface area contributed by atoms with Gasteiger partial charge in [-0.1, -0.05) is 38.8 Å². The maximum atomic E-state index is 12.5. The second kappa shape index (κ2) is 15.7. The molecule has 4 heterocycles. The number of nitrogens with zero attached hydrogens (tertiary/aromatic N) is 5. The van der Waals surface area contributed by atoms with Gasteiger partial charge in [0.05, 0.1) is 22.1 Å². The van der Waals surface area contributed by atoms with Gasteiger partial charge in [-0.2, -0.15) is 0 Å². The van der Waals surface area contributed by atoms with Crippen molar-refractivity contribution >= 4 is 28.2 Å². The van der Waals surface area contributed by atoms with Crippen LogP contribution in [0, 0.1) is 13.8 Å². The molecular formula is C39H58N6O2. The second-order valence-electron chi connectivity index (χ2n) is 14.7. The summed E-state index contributed by atoms with van der Waals surface area (Å²) in [4.78, 5) is 24.4. The quantitative estimate of drug-likeness (QED) is 0.208. The minimum atomic E-state index is -0.462. The van der Waals surface area contributed by atoms with E-state index >= 15 is 0 Å². The van der Waals surface area contributed by atoms with E-state index in [1.165, 1.54) is 59.2 Å². The number of ether oxygens (including phenoxy) is 1. The minimum absolute atomic E-state index is 0.209. The maximum absolute atomic E-state index is 12.5. The summed E-state index contributed by atoms with van der Waals surface area (Å²) in [5, 5.41) is 3.52. The third-order valence-electron chi connectivity index (χ3n) is 9.44. The summed E-state index contributed by atoms with van der Waals surface area (Å²) in [5.74, 6) is 3.26. The van der Waals surface area contributed by atoms with Crippen molar-refractivity contribution in [3.05, 3.63) is 59.2 Å². The van der Waals surface area contributed by atoms with Crippen LogP contribution in [-0.4, -0.2) is 61.9 Å². The van der Waals surface area contributed by atoms with Gasteiger partial charge >= 0.3 is 6.09 Å². The van der Waals surface area contributed by atoms with Crippen LogP contribution in [0.1, 0.15) is 121 Å². The van der Waals surface area contributed by atoms with Crippen molar-refractivity contribution in [1.29, 1.82) is 0 Å². The maximum Gasteiger partial charge on any atom is 0.410 e. The number of imidazole rings is 2. The lowest BCUT2D eigenvalue weighted by molar-refractivity contribution is 0.0195. The number of nitrogens with one attached hydrogen (secondary N) is 1. The van der Waals surface area contributed by atoms with Gasteiger partial charge in [-0.15, -0.1) is 0 Å². The molecule has 0 spiro atoms. The van der Waals surface area contributed by atoms with E-state index in [0.717, 1.165) is 69.7 Å². The summed E-state index contributed by atoms with van der Waals surface area (Å²) in [7, 11) is 0. The SMILES string of the molecule is CCCCn1c([C@@H]2CCCN(C(=O)OC(C)(C)C)C2)nc2cc(C)ccc21.CCCCn1c([C@@H]2CCCNC2)nc2cc(C)ccc21. The van der Waals surface area contributed by atoms with E-state index in [9.17, 15) is 4.79 Å². The number of carbonyl (C=O) groups excluding carboxylic acids is 1. The molecule has 0 radical (unpaired) electrons. The predicted octanol–water partition coefficient (Wildman–Crippen LogP) is 8.87. The van der Waals surface area contributed by atoms with Gasteiger partial charge in [0.2, 0.25) is 0 Å². The number of hydrogen-bond acceptors (Lipinski definition) is 5. The summed E-state index contributed by atoms with van der Waals surface area (Å²) in [6.45, 7) is 20.2. The molecule has 8 heteroatoms. The molecule has 0 unspecified atom stereocenters. The minimum Gasteiger partial charge on any atom is -0.444 e. The zero-order valence-electron chi connectivity index (χ0n) is 30.1. The number of benzene rings is 2. The van der Waals surface area contributed by atoms with Gasteiger partial charge in [0.25, 0.3) is 0 Å². The first-order valence-electron chi connectivity index (χ1n) is 18.2. The number of hydrogen-bond donors (Lipinski definition) is 1. The molecule has 2 aromatic carbocycles. The van der Waals surface area contributed by atoms with E-state index in [4.69, 9.17) is 14.7 Å². The average molecular weight is 643 g/mol. The summed E-state index contributed by atoms with van der Waals surface area (Å²) in [6, 6.07) is 13.2. The van der Waals surface area contributed by atoms with Gasteiger partial charge in [-0.05, 0) is 115 Å². The van der Waals surface area contributed by atoms with Crippen LogP contribution < -0.4 is 5.32 Å². The average Bonchev–Trinajstić information content (AvgIpc) is 3.59. The molecule has 256 valence electrons. The lowest BCUT2D eigenvalue weighted by Crippen LogP contribution is -2.42. The normalized spacial score (nSPS) is 18.7. The molecule has 0 bridgehead atoms.